The SMILES string of the molecule is CCNC(=NCCCC[C@@H](CN1CCC[C@H]1C(=O)N[C@H](C)C(N)=O)NC(=O)[C@H](CC(C)C)NC(=O)[C@@H](CCCCN=C(NCC)NCC)NC(=O)[C@@H](Cc1ccc(O)cc1)NC(=O)[C@H](CO)NC(=O)[C@@H](Cc1cccnc1)NC(=O)[C@@H](Cc1ccc(Cl)cc1)NC(=O)[C@@H](Cc1ccc2ccccc2c1)NC(C)=O)NCC. The van der Waals surface area contributed by atoms with Gasteiger partial charge in [0.25, 0.3) is 0 Å². The van der Waals surface area contributed by atoms with Crippen molar-refractivity contribution in [1.29, 1.82) is 0 Å². The number of unbranched alkanes of at least 4 members (excludes halogenated alkanes) is 2. The van der Waals surface area contributed by atoms with Crippen LogP contribution < -0.4 is 74.9 Å². The average molecular weight is 1560 g/mol. The highest BCUT2D eigenvalue weighted by Gasteiger charge is 2.38. The summed E-state index contributed by atoms with van der Waals surface area (Å²) in [7, 11) is 0. The summed E-state index contributed by atoms with van der Waals surface area (Å²) in [5.41, 5.74) is 7.71. The topological polar surface area (TPSA) is 434 Å². The number of nitrogens with zero attached hydrogens (tertiary/aromatic N) is 4. The van der Waals surface area contributed by atoms with Crippen molar-refractivity contribution in [3.05, 3.63) is 143 Å². The zero-order valence-electron chi connectivity index (χ0n) is 65.1. The third-order valence-corrected chi connectivity index (χ3v) is 18.8. The number of primary amides is 1. The van der Waals surface area contributed by atoms with E-state index in [0.717, 1.165) is 16.3 Å². The van der Waals surface area contributed by atoms with Gasteiger partial charge in [0, 0.05) is 102 Å². The second-order valence-electron chi connectivity index (χ2n) is 28.1. The molecule has 111 heavy (non-hydrogen) atoms. The summed E-state index contributed by atoms with van der Waals surface area (Å²) >= 11 is 6.27. The molecule has 0 spiro atoms. The number of aliphatic imine (C=N–C) groups is 2. The van der Waals surface area contributed by atoms with Crippen molar-refractivity contribution in [2.75, 3.05) is 59.0 Å². The summed E-state index contributed by atoms with van der Waals surface area (Å²) in [6.07, 6.45) is 6.33. The fourth-order valence-electron chi connectivity index (χ4n) is 12.8. The summed E-state index contributed by atoms with van der Waals surface area (Å²) < 4.78 is 0. The Balaban J connectivity index is 1.28. The molecule has 10 atom stereocenters. The number of carbonyl (C=O) groups excluding carboxylic acids is 10. The molecule has 10 amide bonds. The Labute approximate surface area is 655 Å². The number of nitrogens with one attached hydrogen (secondary N) is 13. The van der Waals surface area contributed by atoms with Crippen LogP contribution in [0.4, 0.5) is 0 Å². The van der Waals surface area contributed by atoms with Crippen molar-refractivity contribution < 1.29 is 58.2 Å². The molecular weight excluding hydrogens is 1440 g/mol. The van der Waals surface area contributed by atoms with Crippen LogP contribution in [0.2, 0.25) is 5.02 Å². The van der Waals surface area contributed by atoms with Crippen LogP contribution >= 0.6 is 11.6 Å². The fraction of sp³-hybridized carbons (Fsp3) is 0.512. The number of guanidine groups is 2. The first-order valence-corrected chi connectivity index (χ1v) is 39.0. The zero-order valence-corrected chi connectivity index (χ0v) is 65.9. The van der Waals surface area contributed by atoms with Crippen LogP contribution in [0.1, 0.15) is 135 Å². The highest BCUT2D eigenvalue weighted by molar-refractivity contribution is 6.30. The lowest BCUT2D eigenvalue weighted by atomic mass is 9.99. The van der Waals surface area contributed by atoms with Crippen LogP contribution in [-0.2, 0) is 73.6 Å². The van der Waals surface area contributed by atoms with E-state index in [1.54, 1.807) is 36.4 Å². The van der Waals surface area contributed by atoms with Crippen LogP contribution in [0.3, 0.4) is 0 Å². The predicted octanol–water partition coefficient (Wildman–Crippen LogP) is 2.75. The Kier molecular flexibility index (Phi) is 38.3. The number of aromatic nitrogens is 1. The summed E-state index contributed by atoms with van der Waals surface area (Å²) in [6, 6.07) is 17.0. The first-order chi connectivity index (χ1) is 53.3. The first kappa shape index (κ1) is 89.4. The van der Waals surface area contributed by atoms with Gasteiger partial charge in [0.15, 0.2) is 11.9 Å². The highest BCUT2D eigenvalue weighted by Crippen LogP contribution is 2.22. The average Bonchev–Trinajstić information content (AvgIpc) is 1.70. The number of fused-ring (bicyclic) bond motifs is 1. The van der Waals surface area contributed by atoms with E-state index in [2.05, 4.69) is 79.1 Å². The molecule has 31 heteroatoms. The zero-order chi connectivity index (χ0) is 80.8. The Morgan fingerprint density at radius 1 is 0.532 bits per heavy atom. The molecule has 604 valence electrons. The van der Waals surface area contributed by atoms with Gasteiger partial charge in [0.2, 0.25) is 59.1 Å². The molecule has 1 aliphatic rings. The third kappa shape index (κ3) is 31.4. The number of nitrogens with two attached hydrogens (primary N) is 1. The van der Waals surface area contributed by atoms with Crippen LogP contribution in [0.5, 0.6) is 5.75 Å². The molecule has 0 bridgehead atoms. The summed E-state index contributed by atoms with van der Waals surface area (Å²) in [4.78, 5) is 158. The van der Waals surface area contributed by atoms with E-state index in [1.807, 2.05) is 88.9 Å². The lowest BCUT2D eigenvalue weighted by Crippen LogP contribution is -2.61. The number of aliphatic hydroxyl groups is 1. The molecular formula is C80H115ClN18O12. The predicted molar refractivity (Wildman–Crippen MR) is 429 cm³/mol. The maximum atomic E-state index is 15.2. The Hall–Kier alpha value is -10.5. The van der Waals surface area contributed by atoms with E-state index in [-0.39, 0.29) is 62.6 Å². The number of rotatable bonds is 45. The van der Waals surface area contributed by atoms with Crippen LogP contribution in [0.25, 0.3) is 10.8 Å². The van der Waals surface area contributed by atoms with Gasteiger partial charge in [-0.15, -0.1) is 0 Å². The van der Waals surface area contributed by atoms with Crippen molar-refractivity contribution >= 4 is 93.4 Å². The van der Waals surface area contributed by atoms with Crippen molar-refractivity contribution in [2.45, 2.75) is 199 Å². The first-order valence-electron chi connectivity index (χ1n) is 38.6. The number of amides is 10. The van der Waals surface area contributed by atoms with Crippen LogP contribution in [-0.4, -0.2) is 210 Å². The van der Waals surface area contributed by atoms with Gasteiger partial charge in [-0.2, -0.15) is 0 Å². The van der Waals surface area contributed by atoms with Gasteiger partial charge < -0.3 is 85.1 Å². The second kappa shape index (κ2) is 47.6. The summed E-state index contributed by atoms with van der Waals surface area (Å²) in [6.45, 7) is 17.5. The number of likely N-dealkylation sites (tertiary alicyclic amines) is 1. The van der Waals surface area contributed by atoms with Gasteiger partial charge in [0.1, 0.15) is 54.1 Å². The maximum absolute atomic E-state index is 15.2. The van der Waals surface area contributed by atoms with Crippen LogP contribution in [0, 0.1) is 5.92 Å². The number of phenols is 1. The smallest absolute Gasteiger partial charge is 0.245 e. The number of aromatic hydroxyl groups is 1. The lowest BCUT2D eigenvalue weighted by molar-refractivity contribution is -0.136. The molecule has 1 saturated heterocycles. The van der Waals surface area contributed by atoms with Crippen LogP contribution in [0.15, 0.2) is 126 Å². The number of carbonyl (C=O) groups is 10. The third-order valence-electron chi connectivity index (χ3n) is 18.6. The Morgan fingerprint density at radius 3 is 1.52 bits per heavy atom. The quantitative estimate of drug-likeness (QED) is 0.0151. The minimum absolute atomic E-state index is 0.0205. The van der Waals surface area contributed by atoms with Gasteiger partial charge in [-0.25, -0.2) is 0 Å². The fourth-order valence-corrected chi connectivity index (χ4v) is 13.0. The number of pyridine rings is 1. The largest absolute Gasteiger partial charge is 0.508 e. The summed E-state index contributed by atoms with van der Waals surface area (Å²) in [5.74, 6) is -6.22. The minimum atomic E-state index is -1.79. The molecule has 30 nitrogen and oxygen atoms in total. The maximum Gasteiger partial charge on any atom is 0.245 e. The highest BCUT2D eigenvalue weighted by atomic mass is 35.5. The number of benzene rings is 4. The number of phenolic OH excluding ortho intramolecular Hbond substituents is 1. The van der Waals surface area contributed by atoms with Crippen molar-refractivity contribution in [2.24, 2.45) is 21.6 Å². The van der Waals surface area contributed by atoms with Gasteiger partial charge in [-0.05, 0) is 168 Å². The van der Waals surface area contributed by atoms with E-state index >= 15 is 9.59 Å². The molecule has 1 aliphatic heterocycles. The summed E-state index contributed by atoms with van der Waals surface area (Å²) in [5, 5.41) is 61.8. The van der Waals surface area contributed by atoms with Crippen molar-refractivity contribution in [3.63, 3.8) is 0 Å². The van der Waals surface area contributed by atoms with E-state index in [9.17, 15) is 48.6 Å². The normalized spacial score (nSPS) is 15.0. The minimum Gasteiger partial charge on any atom is -0.508 e. The number of hydrogen-bond donors (Lipinski definition) is 16. The van der Waals surface area contributed by atoms with Crippen molar-refractivity contribution in [1.82, 2.24) is 79.0 Å². The number of halogens is 1. The molecule has 6 rings (SSSR count). The molecule has 1 aromatic heterocycles. The molecule has 5 aromatic rings. The van der Waals surface area contributed by atoms with E-state index < -0.39 is 120 Å². The Morgan fingerprint density at radius 2 is 1.00 bits per heavy atom. The number of hydrogen-bond acceptors (Lipinski definition) is 16. The van der Waals surface area contributed by atoms with E-state index in [1.165, 1.54) is 50.5 Å². The van der Waals surface area contributed by atoms with Gasteiger partial charge in [-0.1, -0.05) is 98.2 Å². The number of aliphatic hydroxyl groups excluding tert-OH is 1. The van der Waals surface area contributed by atoms with Crippen molar-refractivity contribution in [3.8, 4) is 5.75 Å². The van der Waals surface area contributed by atoms with Gasteiger partial charge >= 0.3 is 0 Å². The molecule has 17 N–H and O–H groups in total. The molecule has 4 aromatic carbocycles. The monoisotopic (exact) mass is 1550 g/mol. The Bertz CT molecular complexity index is 3880. The lowest BCUT2D eigenvalue weighted by Gasteiger charge is -2.31. The molecule has 2 heterocycles. The van der Waals surface area contributed by atoms with Gasteiger partial charge in [0.05, 0.1) is 12.6 Å². The molecule has 1 fully saturated rings. The molecule has 0 aliphatic carbocycles. The molecule has 0 radical (unpaired) electrons. The second-order valence-corrected chi connectivity index (χ2v) is 28.6. The molecule has 0 saturated carbocycles. The van der Waals surface area contributed by atoms with Gasteiger partial charge in [-0.3, -0.25) is 67.8 Å². The van der Waals surface area contributed by atoms with E-state index in [0.29, 0.717) is 124 Å². The standard InChI is InChI=1S/C80H115ClN18O12/c1-9-84-79(85-10-2)88-38-17-15-24-60(48-99-40-20-26-69(99)78(111)90-51(7)70(82)103)92-72(105)63(41-50(5)6)94-71(104)62(25-16-18-39-89-80(86-11-3)87-12-4)93-74(107)65(44-54-30-35-61(102)36-31-54)97-77(110)68(49-100)98-76(109)67(46-56-21-19-37-83-47-56)96-75(108)66(43-53-28-33-59(81)34-29-53)95-73(106)64(91-52(8)101)45-55-27-32-57-22-13-14-23-58(57)42-55/h13-14,19,21-23,27-37,42,47,50-51,60,62-69,100,102H,9-12,15-18,20,24-26,38-41,43-46,48-49H2,1-8H3,(H2,82,103)(H,90,111)(H,91,101)(H,92,105)(H,93,107)(H,94,104)(H,95,106)(H,96,108)(H,97,110)(H,98,109)(H2,84,85,88)(H2,86,87,89)/t51-,60+,62-,63+,64-,65-,66-,67-,68+,69+/m1/s1. The van der Waals surface area contributed by atoms with E-state index in [4.69, 9.17) is 22.3 Å². The molecule has 0 unspecified atom stereocenters.